The molecule has 0 aliphatic heterocycles. The minimum Gasteiger partial charge on any atom is -0.462 e. The third-order valence-corrected chi connectivity index (χ3v) is 3.64. The van der Waals surface area contributed by atoms with Crippen LogP contribution in [-0.2, 0) is 11.3 Å². The summed E-state index contributed by atoms with van der Waals surface area (Å²) >= 11 is 1.09. The normalized spacial score (nSPS) is 9.90. The molecule has 8 nitrogen and oxygen atoms in total. The van der Waals surface area contributed by atoms with Crippen molar-refractivity contribution in [2.75, 3.05) is 25.6 Å². The molecule has 0 spiro atoms. The fourth-order valence-electron chi connectivity index (χ4n) is 1.55. The lowest BCUT2D eigenvalue weighted by molar-refractivity contribution is 0.0528. The Labute approximate surface area is 126 Å². The topological polar surface area (TPSA) is 114 Å². The first-order chi connectivity index (χ1) is 9.99. The highest BCUT2D eigenvalue weighted by Gasteiger charge is 2.29. The monoisotopic (exact) mass is 314 g/mol. The van der Waals surface area contributed by atoms with Crippen LogP contribution in [0.3, 0.4) is 0 Å². The van der Waals surface area contributed by atoms with E-state index in [0.29, 0.717) is 4.88 Å². The molecule has 0 atom stereocenters. The summed E-state index contributed by atoms with van der Waals surface area (Å²) in [5.74, 6) is -0.610. The van der Waals surface area contributed by atoms with E-state index in [9.17, 15) is 14.4 Å². The molecular weight excluding hydrogens is 296 g/mol. The molecule has 1 heterocycles. The van der Waals surface area contributed by atoms with Crippen LogP contribution in [0.2, 0.25) is 0 Å². The van der Waals surface area contributed by atoms with Gasteiger partial charge in [-0.15, -0.1) is 11.3 Å². The molecule has 0 saturated heterocycles. The number of carbonyl (C=O) groups excluding carboxylic acids is 3. The van der Waals surface area contributed by atoms with E-state index in [2.05, 4.69) is 10.6 Å². The fraction of sp³-hybridized carbons (Fsp3) is 0.417. The summed E-state index contributed by atoms with van der Waals surface area (Å²) in [5, 5.41) is 4.88. The van der Waals surface area contributed by atoms with Crippen molar-refractivity contribution in [3.8, 4) is 0 Å². The van der Waals surface area contributed by atoms with Crippen LogP contribution in [-0.4, -0.2) is 38.7 Å². The van der Waals surface area contributed by atoms with Gasteiger partial charge >= 0.3 is 18.0 Å². The van der Waals surface area contributed by atoms with E-state index in [0.717, 1.165) is 16.2 Å². The number of urea groups is 2. The van der Waals surface area contributed by atoms with Crippen LogP contribution in [0, 0.1) is 0 Å². The van der Waals surface area contributed by atoms with Crippen LogP contribution in [0.25, 0.3) is 0 Å². The molecule has 4 amide bonds. The van der Waals surface area contributed by atoms with Gasteiger partial charge in [0, 0.05) is 25.5 Å². The first-order valence-electron chi connectivity index (χ1n) is 6.23. The third-order valence-electron chi connectivity index (χ3n) is 2.50. The van der Waals surface area contributed by atoms with Crippen LogP contribution < -0.4 is 21.3 Å². The quantitative estimate of drug-likeness (QED) is 0.714. The maximum Gasteiger partial charge on any atom is 0.341 e. The van der Waals surface area contributed by atoms with E-state index in [1.165, 1.54) is 20.2 Å². The summed E-state index contributed by atoms with van der Waals surface area (Å²) in [6.07, 6.45) is 0. The van der Waals surface area contributed by atoms with Gasteiger partial charge in [0.05, 0.1) is 12.2 Å². The van der Waals surface area contributed by atoms with Gasteiger partial charge in [-0.3, -0.25) is 0 Å². The standard InChI is InChI=1S/C12H18N4O4S/c1-4-20-10(17)8-5-7(6-13)21-9(8)16(11(18)14-2)12(19)15-3/h5H,4,6,13H2,1-3H3,(H,14,18)(H,15,19). The zero-order valence-corrected chi connectivity index (χ0v) is 12.9. The minimum atomic E-state index is -0.662. The van der Waals surface area contributed by atoms with E-state index in [4.69, 9.17) is 10.5 Å². The minimum absolute atomic E-state index is 0.134. The van der Waals surface area contributed by atoms with Crippen molar-refractivity contribution in [3.63, 3.8) is 0 Å². The number of thiophene rings is 1. The number of amides is 4. The average Bonchev–Trinajstić information content (AvgIpc) is 2.91. The SMILES string of the molecule is CCOC(=O)c1cc(CN)sc1N(C(=O)NC)C(=O)NC. The lowest BCUT2D eigenvalue weighted by atomic mass is 10.3. The summed E-state index contributed by atoms with van der Waals surface area (Å²) in [7, 11) is 2.78. The molecule has 1 aromatic rings. The maximum atomic E-state index is 12.0. The summed E-state index contributed by atoms with van der Waals surface area (Å²) in [5.41, 5.74) is 5.70. The third kappa shape index (κ3) is 3.70. The number of nitrogens with two attached hydrogens (primary N) is 1. The van der Waals surface area contributed by atoms with E-state index >= 15 is 0 Å². The van der Waals surface area contributed by atoms with Crippen molar-refractivity contribution in [3.05, 3.63) is 16.5 Å². The predicted octanol–water partition coefficient (Wildman–Crippen LogP) is 0.869. The second kappa shape index (κ2) is 7.60. The smallest absolute Gasteiger partial charge is 0.341 e. The van der Waals surface area contributed by atoms with Crippen LogP contribution in [0.15, 0.2) is 6.07 Å². The zero-order valence-electron chi connectivity index (χ0n) is 12.1. The van der Waals surface area contributed by atoms with Gasteiger partial charge in [0.25, 0.3) is 0 Å². The highest BCUT2D eigenvalue weighted by Crippen LogP contribution is 2.32. The molecule has 116 valence electrons. The van der Waals surface area contributed by atoms with Gasteiger partial charge in [-0.1, -0.05) is 0 Å². The molecule has 0 fully saturated rings. The number of nitrogens with one attached hydrogen (secondary N) is 2. The van der Waals surface area contributed by atoms with E-state index < -0.39 is 18.0 Å². The first-order valence-corrected chi connectivity index (χ1v) is 7.05. The Hall–Kier alpha value is -2.13. The number of imide groups is 1. The van der Waals surface area contributed by atoms with Crippen molar-refractivity contribution >= 4 is 34.4 Å². The van der Waals surface area contributed by atoms with Gasteiger partial charge in [-0.25, -0.2) is 19.3 Å². The molecule has 21 heavy (non-hydrogen) atoms. The summed E-state index contributed by atoms with van der Waals surface area (Å²) < 4.78 is 4.94. The lowest BCUT2D eigenvalue weighted by Crippen LogP contribution is -2.47. The summed E-state index contributed by atoms with van der Waals surface area (Å²) in [6, 6.07) is 0.201. The number of esters is 1. The molecular formula is C12H18N4O4S. The maximum absolute atomic E-state index is 12.0. The largest absolute Gasteiger partial charge is 0.462 e. The molecule has 0 bridgehead atoms. The molecule has 0 saturated carbocycles. The number of hydrogen-bond acceptors (Lipinski definition) is 6. The molecule has 4 N–H and O–H groups in total. The number of nitrogens with zero attached hydrogens (tertiary/aromatic N) is 1. The number of anilines is 1. The van der Waals surface area contributed by atoms with E-state index in [1.807, 2.05) is 0 Å². The Morgan fingerprint density at radius 2 is 1.86 bits per heavy atom. The second-order valence-corrected chi connectivity index (χ2v) is 4.92. The summed E-state index contributed by atoms with van der Waals surface area (Å²) in [6.45, 7) is 2.04. The van der Waals surface area contributed by atoms with Crippen molar-refractivity contribution in [1.82, 2.24) is 10.6 Å². The van der Waals surface area contributed by atoms with Crippen LogP contribution >= 0.6 is 11.3 Å². The van der Waals surface area contributed by atoms with Gasteiger partial charge in [0.1, 0.15) is 5.00 Å². The summed E-state index contributed by atoms with van der Waals surface area (Å²) in [4.78, 5) is 37.3. The van der Waals surface area contributed by atoms with Crippen molar-refractivity contribution in [1.29, 1.82) is 0 Å². The average molecular weight is 314 g/mol. The molecule has 0 aliphatic carbocycles. The Morgan fingerprint density at radius 1 is 1.29 bits per heavy atom. The van der Waals surface area contributed by atoms with Crippen molar-refractivity contribution in [2.45, 2.75) is 13.5 Å². The van der Waals surface area contributed by atoms with E-state index in [1.54, 1.807) is 6.92 Å². The Morgan fingerprint density at radius 3 is 2.29 bits per heavy atom. The fourth-order valence-corrected chi connectivity index (χ4v) is 2.57. The Bertz CT molecular complexity index is 527. The number of carbonyl (C=O) groups is 3. The van der Waals surface area contributed by atoms with Crippen molar-refractivity contribution < 1.29 is 19.1 Å². The van der Waals surface area contributed by atoms with Gasteiger partial charge in [0.2, 0.25) is 0 Å². The highest BCUT2D eigenvalue weighted by atomic mass is 32.1. The van der Waals surface area contributed by atoms with Crippen LogP contribution in [0.1, 0.15) is 22.2 Å². The second-order valence-electron chi connectivity index (χ2n) is 3.80. The number of ether oxygens (including phenoxy) is 1. The first kappa shape index (κ1) is 16.9. The highest BCUT2D eigenvalue weighted by molar-refractivity contribution is 7.17. The number of rotatable bonds is 4. The van der Waals surface area contributed by atoms with E-state index in [-0.39, 0.29) is 23.7 Å². The van der Waals surface area contributed by atoms with Gasteiger partial charge in [0.15, 0.2) is 0 Å². The molecule has 9 heteroatoms. The zero-order chi connectivity index (χ0) is 16.0. The number of hydrogen-bond donors (Lipinski definition) is 3. The van der Waals surface area contributed by atoms with Crippen molar-refractivity contribution in [2.24, 2.45) is 5.73 Å². The van der Waals surface area contributed by atoms with Gasteiger partial charge in [-0.05, 0) is 13.0 Å². The van der Waals surface area contributed by atoms with Crippen LogP contribution in [0.5, 0.6) is 0 Å². The van der Waals surface area contributed by atoms with Gasteiger partial charge in [-0.2, -0.15) is 0 Å². The lowest BCUT2D eigenvalue weighted by Gasteiger charge is -2.19. The predicted molar refractivity (Wildman–Crippen MR) is 79.6 cm³/mol. The molecule has 1 aromatic heterocycles. The molecule has 1 rings (SSSR count). The van der Waals surface area contributed by atoms with Crippen LogP contribution in [0.4, 0.5) is 14.6 Å². The molecule has 0 aliphatic rings. The molecule has 0 radical (unpaired) electrons. The Balaban J connectivity index is 3.35. The van der Waals surface area contributed by atoms with Gasteiger partial charge < -0.3 is 21.1 Å². The molecule has 0 aromatic carbocycles. The molecule has 0 unspecified atom stereocenters. The Kier molecular flexibility index (Phi) is 6.12.